The number of benzene rings is 1. The van der Waals surface area contributed by atoms with E-state index in [1.165, 1.54) is 24.2 Å². The van der Waals surface area contributed by atoms with E-state index in [0.29, 0.717) is 16.6 Å². The van der Waals surface area contributed by atoms with Gasteiger partial charge in [0.2, 0.25) is 0 Å². The molecule has 0 spiro atoms. The summed E-state index contributed by atoms with van der Waals surface area (Å²) in [5, 5.41) is 9.27. The second kappa shape index (κ2) is 8.75. The predicted molar refractivity (Wildman–Crippen MR) is 112 cm³/mol. The largest absolute Gasteiger partial charge is 0.496 e. The van der Waals surface area contributed by atoms with Crippen LogP contribution in [0.1, 0.15) is 35.9 Å². The third-order valence-corrected chi connectivity index (χ3v) is 5.96. The molecule has 1 aromatic carbocycles. The molecule has 1 aliphatic rings. The highest BCUT2D eigenvalue weighted by molar-refractivity contribution is 7.13. The van der Waals surface area contributed by atoms with Crippen LogP contribution in [0.5, 0.6) is 5.75 Å². The maximum atomic E-state index is 12.5. The SMILES string of the molecule is COc1ccccc1-c1cc(C(=O)Nc2nc(CN3CCC(C)CC3)cs2)no1. The van der Waals surface area contributed by atoms with Crippen molar-refractivity contribution in [3.8, 4) is 17.1 Å². The number of anilines is 1. The van der Waals surface area contributed by atoms with Gasteiger partial charge in [-0.2, -0.15) is 0 Å². The Balaban J connectivity index is 1.39. The van der Waals surface area contributed by atoms with Gasteiger partial charge in [-0.05, 0) is 44.0 Å². The minimum absolute atomic E-state index is 0.202. The van der Waals surface area contributed by atoms with Crippen molar-refractivity contribution in [3.63, 3.8) is 0 Å². The van der Waals surface area contributed by atoms with Gasteiger partial charge >= 0.3 is 0 Å². The highest BCUT2D eigenvalue weighted by Gasteiger charge is 2.19. The normalized spacial score (nSPS) is 15.4. The van der Waals surface area contributed by atoms with Crippen LogP contribution in [-0.4, -0.2) is 41.1 Å². The van der Waals surface area contributed by atoms with Crippen LogP contribution in [0.3, 0.4) is 0 Å². The molecule has 1 aliphatic heterocycles. The molecule has 7 nitrogen and oxygen atoms in total. The summed E-state index contributed by atoms with van der Waals surface area (Å²) in [6.45, 7) is 5.33. The molecule has 0 aliphatic carbocycles. The summed E-state index contributed by atoms with van der Waals surface area (Å²) in [7, 11) is 1.59. The molecular formula is C21H24N4O3S. The summed E-state index contributed by atoms with van der Waals surface area (Å²) in [6, 6.07) is 9.04. The first-order valence-electron chi connectivity index (χ1n) is 9.70. The lowest BCUT2D eigenvalue weighted by Crippen LogP contribution is -2.32. The number of rotatable bonds is 6. The summed E-state index contributed by atoms with van der Waals surface area (Å²) < 4.78 is 10.7. The number of carbonyl (C=O) groups is 1. The van der Waals surface area contributed by atoms with Crippen LogP contribution in [0.4, 0.5) is 5.13 Å². The van der Waals surface area contributed by atoms with Crippen LogP contribution in [0, 0.1) is 5.92 Å². The summed E-state index contributed by atoms with van der Waals surface area (Å²) in [6.07, 6.45) is 2.46. The minimum atomic E-state index is -0.345. The number of para-hydroxylation sites is 1. The fraction of sp³-hybridized carbons (Fsp3) is 0.381. The molecule has 0 unspecified atom stereocenters. The average molecular weight is 413 g/mol. The number of aromatic nitrogens is 2. The Morgan fingerprint density at radius 2 is 2.14 bits per heavy atom. The third-order valence-electron chi connectivity index (χ3n) is 5.15. The van der Waals surface area contributed by atoms with Gasteiger partial charge in [0.15, 0.2) is 16.6 Å². The zero-order valence-corrected chi connectivity index (χ0v) is 17.4. The lowest BCUT2D eigenvalue weighted by molar-refractivity contribution is 0.101. The van der Waals surface area contributed by atoms with Crippen LogP contribution in [0.25, 0.3) is 11.3 Å². The second-order valence-electron chi connectivity index (χ2n) is 7.33. The predicted octanol–water partition coefficient (Wildman–Crippen LogP) is 4.29. The van der Waals surface area contributed by atoms with Crippen LogP contribution < -0.4 is 10.1 Å². The van der Waals surface area contributed by atoms with E-state index in [4.69, 9.17) is 9.26 Å². The number of hydrogen-bond donors (Lipinski definition) is 1. The summed E-state index contributed by atoms with van der Waals surface area (Å²) >= 11 is 1.42. The Morgan fingerprint density at radius 1 is 1.34 bits per heavy atom. The zero-order valence-electron chi connectivity index (χ0n) is 16.6. The monoisotopic (exact) mass is 412 g/mol. The Bertz CT molecular complexity index is 976. The number of nitrogens with one attached hydrogen (secondary N) is 1. The first-order valence-corrected chi connectivity index (χ1v) is 10.6. The van der Waals surface area contributed by atoms with Gasteiger partial charge in [-0.3, -0.25) is 15.0 Å². The lowest BCUT2D eigenvalue weighted by atomic mass is 9.99. The molecule has 3 heterocycles. The summed E-state index contributed by atoms with van der Waals surface area (Å²) in [5.74, 6) is 1.60. The topological polar surface area (TPSA) is 80.5 Å². The molecule has 3 aromatic rings. The highest BCUT2D eigenvalue weighted by Crippen LogP contribution is 2.30. The van der Waals surface area contributed by atoms with Crippen LogP contribution in [0.2, 0.25) is 0 Å². The fourth-order valence-electron chi connectivity index (χ4n) is 3.40. The van der Waals surface area contributed by atoms with Gasteiger partial charge < -0.3 is 9.26 Å². The van der Waals surface area contributed by atoms with Crippen LogP contribution in [-0.2, 0) is 6.54 Å². The number of amides is 1. The Morgan fingerprint density at radius 3 is 2.93 bits per heavy atom. The number of methoxy groups -OCH3 is 1. The lowest BCUT2D eigenvalue weighted by Gasteiger charge is -2.29. The van der Waals surface area contributed by atoms with E-state index in [0.717, 1.165) is 36.8 Å². The second-order valence-corrected chi connectivity index (χ2v) is 8.19. The molecule has 0 saturated carbocycles. The van der Waals surface area contributed by atoms with Crippen molar-refractivity contribution in [3.05, 3.63) is 47.1 Å². The molecule has 0 radical (unpaired) electrons. The maximum Gasteiger partial charge on any atom is 0.279 e. The zero-order chi connectivity index (χ0) is 20.2. The maximum absolute atomic E-state index is 12.5. The first-order chi connectivity index (χ1) is 14.1. The van der Waals surface area contributed by atoms with Crippen LogP contribution in [0.15, 0.2) is 40.2 Å². The number of carbonyl (C=O) groups excluding carboxylic acids is 1. The van der Waals surface area contributed by atoms with E-state index < -0.39 is 0 Å². The van der Waals surface area contributed by atoms with E-state index in [2.05, 4.69) is 27.3 Å². The molecule has 1 amide bonds. The van der Waals surface area contributed by atoms with Gasteiger partial charge in [0.05, 0.1) is 18.4 Å². The van der Waals surface area contributed by atoms with Crippen molar-refractivity contribution in [1.82, 2.24) is 15.0 Å². The van der Waals surface area contributed by atoms with Crippen molar-refractivity contribution in [2.24, 2.45) is 5.92 Å². The third kappa shape index (κ3) is 4.65. The van der Waals surface area contributed by atoms with Gasteiger partial charge in [-0.1, -0.05) is 24.2 Å². The highest BCUT2D eigenvalue weighted by atomic mass is 32.1. The molecule has 1 N–H and O–H groups in total. The molecule has 0 bridgehead atoms. The fourth-order valence-corrected chi connectivity index (χ4v) is 4.10. The molecule has 0 atom stereocenters. The number of thiazole rings is 1. The van der Waals surface area contributed by atoms with Crippen LogP contribution >= 0.6 is 11.3 Å². The van der Waals surface area contributed by atoms with Crippen molar-refractivity contribution in [2.45, 2.75) is 26.3 Å². The van der Waals surface area contributed by atoms with E-state index in [1.54, 1.807) is 13.2 Å². The molecule has 1 fully saturated rings. The molecule has 152 valence electrons. The van der Waals surface area contributed by atoms with Gasteiger partial charge in [0.1, 0.15) is 5.75 Å². The van der Waals surface area contributed by atoms with Gasteiger partial charge in [0.25, 0.3) is 5.91 Å². The number of piperidine rings is 1. The summed E-state index contributed by atoms with van der Waals surface area (Å²) in [4.78, 5) is 19.5. The van der Waals surface area contributed by atoms with Gasteiger partial charge in [-0.25, -0.2) is 4.98 Å². The molecule has 4 rings (SSSR count). The average Bonchev–Trinajstić information content (AvgIpc) is 3.39. The van der Waals surface area contributed by atoms with E-state index in [1.807, 2.05) is 29.6 Å². The summed E-state index contributed by atoms with van der Waals surface area (Å²) in [5.41, 5.74) is 1.93. The van der Waals surface area contributed by atoms with Crippen molar-refractivity contribution in [2.75, 3.05) is 25.5 Å². The molecule has 2 aromatic heterocycles. The minimum Gasteiger partial charge on any atom is -0.496 e. The van der Waals surface area contributed by atoms with E-state index >= 15 is 0 Å². The van der Waals surface area contributed by atoms with E-state index in [9.17, 15) is 4.79 Å². The van der Waals surface area contributed by atoms with Crippen molar-refractivity contribution < 1.29 is 14.1 Å². The van der Waals surface area contributed by atoms with Gasteiger partial charge in [0, 0.05) is 18.0 Å². The first kappa shape index (κ1) is 19.6. The smallest absolute Gasteiger partial charge is 0.279 e. The molecule has 1 saturated heterocycles. The number of ether oxygens (including phenoxy) is 1. The molecule has 8 heteroatoms. The number of likely N-dealkylation sites (tertiary alicyclic amines) is 1. The van der Waals surface area contributed by atoms with Crippen molar-refractivity contribution in [1.29, 1.82) is 0 Å². The number of nitrogens with zero attached hydrogens (tertiary/aromatic N) is 3. The van der Waals surface area contributed by atoms with Crippen molar-refractivity contribution >= 4 is 22.4 Å². The quantitative estimate of drug-likeness (QED) is 0.650. The molecular weight excluding hydrogens is 388 g/mol. The Kier molecular flexibility index (Phi) is 5.92. The standard InChI is InChI=1S/C21H24N4O3S/c1-14-7-9-25(10-8-14)12-15-13-29-21(22-15)23-20(26)17-11-19(28-24-17)16-5-3-4-6-18(16)27-2/h3-6,11,13-14H,7-10,12H2,1-2H3,(H,22,23,26). The van der Waals surface area contributed by atoms with Gasteiger partial charge in [-0.15, -0.1) is 11.3 Å². The number of hydrogen-bond acceptors (Lipinski definition) is 7. The van der Waals surface area contributed by atoms with E-state index in [-0.39, 0.29) is 11.6 Å². The Labute approximate surface area is 173 Å². The Hall–Kier alpha value is -2.71. The molecule has 29 heavy (non-hydrogen) atoms.